The van der Waals surface area contributed by atoms with Crippen LogP contribution in [0.1, 0.15) is 42.2 Å². The summed E-state index contributed by atoms with van der Waals surface area (Å²) in [6, 6.07) is 10.2. The van der Waals surface area contributed by atoms with Gasteiger partial charge in [0.25, 0.3) is 5.91 Å². The Morgan fingerprint density at radius 3 is 2.52 bits per heavy atom. The first-order chi connectivity index (χ1) is 13.1. The molecule has 2 aromatic heterocycles. The number of likely N-dealkylation sites (tertiary alicyclic amines) is 1. The fourth-order valence-electron chi connectivity index (χ4n) is 3.79. The first-order valence-electron chi connectivity index (χ1n) is 9.36. The largest absolute Gasteiger partial charge is 0.336 e. The molecule has 0 radical (unpaired) electrons. The molecule has 1 fully saturated rings. The van der Waals surface area contributed by atoms with E-state index in [0.717, 1.165) is 25.8 Å². The third-order valence-electron chi connectivity index (χ3n) is 5.23. The van der Waals surface area contributed by atoms with Crippen LogP contribution in [0.5, 0.6) is 0 Å². The van der Waals surface area contributed by atoms with E-state index in [1.54, 1.807) is 16.8 Å². The molecule has 1 amide bonds. The van der Waals surface area contributed by atoms with Crippen LogP contribution in [0, 0.1) is 12.7 Å². The average Bonchev–Trinajstić information content (AvgIpc) is 3.30. The number of nitrogens with zero attached hydrogens (tertiary/aromatic N) is 4. The smallest absolute Gasteiger partial charge is 0.259 e. The summed E-state index contributed by atoms with van der Waals surface area (Å²) in [6.45, 7) is 4.73. The van der Waals surface area contributed by atoms with Gasteiger partial charge in [-0.1, -0.05) is 0 Å². The van der Waals surface area contributed by atoms with Gasteiger partial charge in [-0.15, -0.1) is 0 Å². The van der Waals surface area contributed by atoms with Gasteiger partial charge in [0.15, 0.2) is 5.82 Å². The van der Waals surface area contributed by atoms with Crippen molar-refractivity contribution in [1.29, 1.82) is 0 Å². The maximum absolute atomic E-state index is 13.4. The summed E-state index contributed by atoms with van der Waals surface area (Å²) in [6.07, 6.45) is 7.00. The number of aromatic nitrogens is 3. The Bertz CT molecular complexity index is 943. The molecular formula is C21H23FN4O. The molecule has 1 aromatic carbocycles. The zero-order chi connectivity index (χ0) is 19.0. The van der Waals surface area contributed by atoms with Crippen molar-refractivity contribution in [3.8, 4) is 11.5 Å². The first kappa shape index (κ1) is 17.5. The van der Waals surface area contributed by atoms with Crippen LogP contribution < -0.4 is 0 Å². The van der Waals surface area contributed by atoms with Gasteiger partial charge in [-0.25, -0.2) is 9.07 Å². The molecule has 140 valence electrons. The number of rotatable bonds is 3. The van der Waals surface area contributed by atoms with E-state index in [-0.39, 0.29) is 17.8 Å². The van der Waals surface area contributed by atoms with Crippen molar-refractivity contribution in [3.05, 3.63) is 65.9 Å². The summed E-state index contributed by atoms with van der Waals surface area (Å²) < 4.78 is 17.0. The molecule has 0 spiro atoms. The fourth-order valence-corrected chi connectivity index (χ4v) is 3.79. The molecule has 0 bridgehead atoms. The molecule has 0 aliphatic carbocycles. The summed E-state index contributed by atoms with van der Waals surface area (Å²) in [5.41, 5.74) is 1.99. The zero-order valence-corrected chi connectivity index (χ0v) is 15.6. The number of carbonyl (C=O) groups excluding carboxylic acids is 1. The van der Waals surface area contributed by atoms with Crippen molar-refractivity contribution >= 4 is 5.91 Å². The van der Waals surface area contributed by atoms with Crippen molar-refractivity contribution < 1.29 is 9.18 Å². The average molecular weight is 366 g/mol. The number of amides is 1. The lowest BCUT2D eigenvalue weighted by Gasteiger charge is -2.33. The minimum atomic E-state index is -0.302. The number of hydrogen-bond donors (Lipinski definition) is 0. The molecule has 27 heavy (non-hydrogen) atoms. The second-order valence-electron chi connectivity index (χ2n) is 7.11. The van der Waals surface area contributed by atoms with Crippen LogP contribution in [0.15, 0.2) is 48.8 Å². The number of hydrogen-bond acceptors (Lipinski definition) is 2. The van der Waals surface area contributed by atoms with Crippen LogP contribution in [0.25, 0.3) is 11.5 Å². The predicted octanol–water partition coefficient (Wildman–Crippen LogP) is 4.13. The first-order valence-corrected chi connectivity index (χ1v) is 9.36. The van der Waals surface area contributed by atoms with Crippen LogP contribution in [-0.2, 0) is 0 Å². The Balaban J connectivity index is 1.86. The van der Waals surface area contributed by atoms with Gasteiger partial charge in [0.1, 0.15) is 11.4 Å². The quantitative estimate of drug-likeness (QED) is 0.700. The third kappa shape index (κ3) is 3.16. The number of aryl methyl sites for hydroxylation is 1. The molecule has 0 saturated carbocycles. The highest BCUT2D eigenvalue weighted by Gasteiger charge is 2.31. The molecule has 0 N–H and O–H groups in total. The van der Waals surface area contributed by atoms with Gasteiger partial charge in [-0.05, 0) is 69.5 Å². The molecule has 1 unspecified atom stereocenters. The monoisotopic (exact) mass is 366 g/mol. The fraction of sp³-hybridized carbons (Fsp3) is 0.333. The zero-order valence-electron chi connectivity index (χ0n) is 15.6. The predicted molar refractivity (Wildman–Crippen MR) is 102 cm³/mol. The van der Waals surface area contributed by atoms with Gasteiger partial charge in [0.2, 0.25) is 0 Å². The van der Waals surface area contributed by atoms with Crippen LogP contribution in [0.4, 0.5) is 4.39 Å². The molecule has 1 aliphatic heterocycles. The molecule has 1 aliphatic rings. The van der Waals surface area contributed by atoms with E-state index in [9.17, 15) is 9.18 Å². The summed E-state index contributed by atoms with van der Waals surface area (Å²) >= 11 is 0. The summed E-state index contributed by atoms with van der Waals surface area (Å²) in [5.74, 6) is 0.396. The van der Waals surface area contributed by atoms with E-state index in [2.05, 4.69) is 12.0 Å². The minimum absolute atomic E-state index is 0.0109. The summed E-state index contributed by atoms with van der Waals surface area (Å²) in [5, 5.41) is 4.63. The Hall–Kier alpha value is -2.89. The van der Waals surface area contributed by atoms with Crippen molar-refractivity contribution in [1.82, 2.24) is 19.2 Å². The molecular weight excluding hydrogens is 343 g/mol. The molecule has 1 atom stereocenters. The molecule has 1 saturated heterocycles. The number of piperidine rings is 1. The van der Waals surface area contributed by atoms with E-state index in [0.29, 0.717) is 22.8 Å². The van der Waals surface area contributed by atoms with E-state index < -0.39 is 0 Å². The van der Waals surface area contributed by atoms with Gasteiger partial charge in [0, 0.05) is 25.0 Å². The van der Waals surface area contributed by atoms with Gasteiger partial charge >= 0.3 is 0 Å². The van der Waals surface area contributed by atoms with Crippen molar-refractivity contribution in [2.75, 3.05) is 6.54 Å². The van der Waals surface area contributed by atoms with Crippen molar-refractivity contribution in [3.63, 3.8) is 0 Å². The summed E-state index contributed by atoms with van der Waals surface area (Å²) in [7, 11) is 0. The third-order valence-corrected chi connectivity index (χ3v) is 5.23. The second kappa shape index (κ2) is 7.02. The van der Waals surface area contributed by atoms with Gasteiger partial charge in [-0.2, -0.15) is 5.10 Å². The standard InChI is InChI=1S/C21H23FN4O/c1-15-7-3-4-14-25(15)21(27)19-16(2)23-26(18-10-8-17(22)9-11-18)20(19)24-12-5-6-13-24/h5-6,8-13,15H,3-4,7,14H2,1-2H3. The lowest BCUT2D eigenvalue weighted by molar-refractivity contribution is 0.0635. The molecule has 3 heterocycles. The minimum Gasteiger partial charge on any atom is -0.336 e. The highest BCUT2D eigenvalue weighted by molar-refractivity contribution is 5.99. The number of halogens is 1. The lowest BCUT2D eigenvalue weighted by atomic mass is 10.0. The van der Waals surface area contributed by atoms with Crippen LogP contribution in [0.2, 0.25) is 0 Å². The maximum Gasteiger partial charge on any atom is 0.259 e. The maximum atomic E-state index is 13.4. The molecule has 6 heteroatoms. The molecule has 5 nitrogen and oxygen atoms in total. The lowest BCUT2D eigenvalue weighted by Crippen LogP contribution is -2.42. The molecule has 3 aromatic rings. The Morgan fingerprint density at radius 2 is 1.85 bits per heavy atom. The Morgan fingerprint density at radius 1 is 1.15 bits per heavy atom. The number of carbonyl (C=O) groups is 1. The van der Waals surface area contributed by atoms with E-state index in [1.165, 1.54) is 12.1 Å². The van der Waals surface area contributed by atoms with Crippen molar-refractivity contribution in [2.24, 2.45) is 0 Å². The summed E-state index contributed by atoms with van der Waals surface area (Å²) in [4.78, 5) is 15.4. The topological polar surface area (TPSA) is 43.1 Å². The van der Waals surface area contributed by atoms with Gasteiger partial charge in [-0.3, -0.25) is 4.79 Å². The molecule has 4 rings (SSSR count). The van der Waals surface area contributed by atoms with Gasteiger partial charge in [0.05, 0.1) is 11.4 Å². The van der Waals surface area contributed by atoms with Crippen LogP contribution in [0.3, 0.4) is 0 Å². The van der Waals surface area contributed by atoms with Crippen LogP contribution in [-0.4, -0.2) is 37.7 Å². The SMILES string of the molecule is Cc1nn(-c2ccc(F)cc2)c(-n2cccc2)c1C(=O)N1CCCCC1C. The Labute approximate surface area is 158 Å². The van der Waals surface area contributed by atoms with E-state index in [4.69, 9.17) is 0 Å². The Kier molecular flexibility index (Phi) is 4.56. The normalized spacial score (nSPS) is 17.3. The number of benzene rings is 1. The van der Waals surface area contributed by atoms with Crippen molar-refractivity contribution in [2.45, 2.75) is 39.2 Å². The highest BCUT2D eigenvalue weighted by Crippen LogP contribution is 2.27. The second-order valence-corrected chi connectivity index (χ2v) is 7.11. The van der Waals surface area contributed by atoms with Crippen LogP contribution >= 0.6 is 0 Å². The van der Waals surface area contributed by atoms with Gasteiger partial charge < -0.3 is 9.47 Å². The van der Waals surface area contributed by atoms with E-state index in [1.807, 2.05) is 40.9 Å². The van der Waals surface area contributed by atoms with E-state index >= 15 is 0 Å². The highest BCUT2D eigenvalue weighted by atomic mass is 19.1.